The third-order valence-electron chi connectivity index (χ3n) is 7.26. The number of ether oxygens (including phenoxy) is 9. The van der Waals surface area contributed by atoms with Gasteiger partial charge in [-0.3, -0.25) is 38.4 Å². The van der Waals surface area contributed by atoms with Gasteiger partial charge in [0.05, 0.1) is 41.9 Å². The van der Waals surface area contributed by atoms with Crippen molar-refractivity contribution in [3.63, 3.8) is 0 Å². The van der Waals surface area contributed by atoms with Crippen LogP contribution in [0.1, 0.15) is 72.1 Å². The van der Waals surface area contributed by atoms with Gasteiger partial charge in [0, 0.05) is 36.2 Å². The summed E-state index contributed by atoms with van der Waals surface area (Å²) >= 11 is 3.38. The number of hydrogen-bond donors (Lipinski definition) is 0. The Labute approximate surface area is 357 Å². The zero-order valence-corrected chi connectivity index (χ0v) is 36.6. The first-order valence-electron chi connectivity index (χ1n) is 19.1. The van der Waals surface area contributed by atoms with Gasteiger partial charge in [-0.1, -0.05) is 27.4 Å². The van der Waals surface area contributed by atoms with Crippen molar-refractivity contribution in [1.82, 2.24) is 0 Å². The van der Waals surface area contributed by atoms with Crippen LogP contribution in [-0.2, 0) is 85.8 Å². The molecule has 0 atom stereocenters. The molecule has 0 aliphatic rings. The molecule has 0 aromatic carbocycles. The molecule has 59 heavy (non-hydrogen) atoms. The van der Waals surface area contributed by atoms with Gasteiger partial charge >= 0.3 is 53.7 Å². The highest BCUT2D eigenvalue weighted by Gasteiger charge is 2.34. The van der Waals surface area contributed by atoms with Gasteiger partial charge in [0.25, 0.3) is 0 Å². The van der Waals surface area contributed by atoms with Crippen LogP contribution < -0.4 is 0 Å². The summed E-state index contributed by atoms with van der Waals surface area (Å²) < 4.78 is 46.0. The lowest BCUT2D eigenvalue weighted by Gasteiger charge is -2.31. The molecular formula is C38H58O18S3. The Hall–Kier alpha value is -3.98. The predicted octanol–water partition coefficient (Wildman–Crippen LogP) is 3.43. The van der Waals surface area contributed by atoms with E-state index in [1.165, 1.54) is 0 Å². The third-order valence-corrected chi connectivity index (χ3v) is 10.1. The SMILES string of the molecule is C=CC(=O)OCCOC(=O)CCSCC(=O)OCC(CC)(COC(=O)CSCCC(=O)OCCOC(=O)CCC)COC(=O)CSCCC(=O)OCCOC(=O)CCC. The zero-order valence-electron chi connectivity index (χ0n) is 34.1. The molecule has 0 fully saturated rings. The van der Waals surface area contributed by atoms with Crippen LogP contribution in [0.4, 0.5) is 0 Å². The van der Waals surface area contributed by atoms with Gasteiger partial charge in [-0.15, -0.1) is 35.3 Å². The van der Waals surface area contributed by atoms with Gasteiger partial charge in [0.2, 0.25) is 0 Å². The number of esters is 9. The number of carbonyl (C=O) groups is 9. The monoisotopic (exact) mass is 898 g/mol. The standard InChI is InChI=1S/C38H58O18S3/c1-5-9-30(40)49-16-18-52-33(43)12-21-58-24-36(46)55-27-38(8-4,26-54-35(45)23-57-20-11-32(42)51-15-14-48-29(39)7-3)28-56-37(47)25-59-22-13-34(44)53-19-17-50-31(41)10-6-2/h7H,3,5-6,8-28H2,1-2,4H3. The van der Waals surface area contributed by atoms with Gasteiger partial charge in [0.15, 0.2) is 0 Å². The minimum atomic E-state index is -1.12. The van der Waals surface area contributed by atoms with E-state index in [9.17, 15) is 43.2 Å². The summed E-state index contributed by atoms with van der Waals surface area (Å²) in [5, 5.41) is 0. The summed E-state index contributed by atoms with van der Waals surface area (Å²) in [4.78, 5) is 107. The smallest absolute Gasteiger partial charge is 0.330 e. The summed E-state index contributed by atoms with van der Waals surface area (Å²) in [6.07, 6.45) is 3.11. The van der Waals surface area contributed by atoms with Crippen LogP contribution >= 0.6 is 35.3 Å². The lowest BCUT2D eigenvalue weighted by molar-refractivity contribution is -0.159. The molecule has 336 valence electrons. The molecule has 18 nitrogen and oxygen atoms in total. The molecule has 0 heterocycles. The fourth-order valence-corrected chi connectivity index (χ4v) is 6.05. The molecule has 21 heteroatoms. The minimum Gasteiger partial charge on any atom is -0.464 e. The van der Waals surface area contributed by atoms with Crippen LogP contribution in [0.25, 0.3) is 0 Å². The summed E-state index contributed by atoms with van der Waals surface area (Å²) in [5.74, 6) is -4.43. The molecular weight excluding hydrogens is 841 g/mol. The van der Waals surface area contributed by atoms with Gasteiger partial charge < -0.3 is 42.6 Å². The van der Waals surface area contributed by atoms with E-state index in [-0.39, 0.29) is 144 Å². The molecule has 0 unspecified atom stereocenters. The second-order valence-electron chi connectivity index (χ2n) is 12.2. The lowest BCUT2D eigenvalue weighted by Crippen LogP contribution is -2.39. The second-order valence-corrected chi connectivity index (χ2v) is 15.5. The Balaban J connectivity index is 4.93. The molecule has 0 rings (SSSR count). The highest BCUT2D eigenvalue weighted by Crippen LogP contribution is 2.25. The molecule has 0 bridgehead atoms. The maximum atomic E-state index is 12.6. The molecule has 0 N–H and O–H groups in total. The summed E-state index contributed by atoms with van der Waals surface area (Å²) in [7, 11) is 0. The molecule has 0 aliphatic carbocycles. The Morgan fingerprint density at radius 3 is 0.983 bits per heavy atom. The van der Waals surface area contributed by atoms with Crippen molar-refractivity contribution in [3.05, 3.63) is 12.7 Å². The van der Waals surface area contributed by atoms with E-state index >= 15 is 0 Å². The van der Waals surface area contributed by atoms with Crippen LogP contribution in [0.5, 0.6) is 0 Å². The predicted molar refractivity (Wildman–Crippen MR) is 217 cm³/mol. The fourth-order valence-electron chi connectivity index (χ4n) is 3.94. The topological polar surface area (TPSA) is 237 Å². The highest BCUT2D eigenvalue weighted by molar-refractivity contribution is 8.00. The van der Waals surface area contributed by atoms with Crippen LogP contribution in [0, 0.1) is 5.41 Å². The first-order valence-corrected chi connectivity index (χ1v) is 22.5. The summed E-state index contributed by atoms with van der Waals surface area (Å²) in [6.45, 7) is 7.40. The van der Waals surface area contributed by atoms with Gasteiger partial charge in [0.1, 0.15) is 59.5 Å². The highest BCUT2D eigenvalue weighted by atomic mass is 32.2. The Morgan fingerprint density at radius 1 is 0.424 bits per heavy atom. The summed E-state index contributed by atoms with van der Waals surface area (Å²) in [5.41, 5.74) is -1.12. The number of rotatable bonds is 36. The average Bonchev–Trinajstić information content (AvgIpc) is 3.21. The molecule has 0 aromatic rings. The normalized spacial score (nSPS) is 10.7. The largest absolute Gasteiger partial charge is 0.464 e. The van der Waals surface area contributed by atoms with Crippen molar-refractivity contribution < 1.29 is 85.8 Å². The minimum absolute atomic E-state index is 0.00746. The number of hydrogen-bond acceptors (Lipinski definition) is 21. The Kier molecular flexibility index (Phi) is 33.5. The quantitative estimate of drug-likeness (QED) is 0.0379. The van der Waals surface area contributed by atoms with Crippen LogP contribution in [0.3, 0.4) is 0 Å². The molecule has 0 aliphatic heterocycles. The van der Waals surface area contributed by atoms with E-state index in [0.717, 1.165) is 41.4 Å². The van der Waals surface area contributed by atoms with E-state index in [2.05, 4.69) is 6.58 Å². The van der Waals surface area contributed by atoms with Crippen molar-refractivity contribution in [2.45, 2.75) is 72.1 Å². The van der Waals surface area contributed by atoms with Crippen LogP contribution in [0.15, 0.2) is 12.7 Å². The van der Waals surface area contributed by atoms with Gasteiger partial charge in [-0.2, -0.15) is 0 Å². The third kappa shape index (κ3) is 32.5. The lowest BCUT2D eigenvalue weighted by atomic mass is 9.88. The van der Waals surface area contributed by atoms with E-state index in [1.54, 1.807) is 6.92 Å². The number of thioether (sulfide) groups is 3. The van der Waals surface area contributed by atoms with Crippen LogP contribution in [0.2, 0.25) is 0 Å². The van der Waals surface area contributed by atoms with Gasteiger partial charge in [-0.25, -0.2) is 4.79 Å². The average molecular weight is 899 g/mol. The fraction of sp³-hybridized carbons (Fsp3) is 0.711. The van der Waals surface area contributed by atoms with E-state index in [0.29, 0.717) is 12.8 Å². The maximum Gasteiger partial charge on any atom is 0.330 e. The first-order chi connectivity index (χ1) is 28.3. The molecule has 0 amide bonds. The molecule has 0 saturated carbocycles. The van der Waals surface area contributed by atoms with E-state index in [1.807, 2.05) is 13.8 Å². The van der Waals surface area contributed by atoms with Gasteiger partial charge in [-0.05, 0) is 19.3 Å². The molecule has 0 radical (unpaired) electrons. The number of carbonyl (C=O) groups excluding carboxylic acids is 9. The van der Waals surface area contributed by atoms with E-state index in [4.69, 9.17) is 42.6 Å². The molecule has 0 saturated heterocycles. The second kappa shape index (κ2) is 35.9. The van der Waals surface area contributed by atoms with Crippen molar-refractivity contribution in [3.8, 4) is 0 Å². The summed E-state index contributed by atoms with van der Waals surface area (Å²) in [6, 6.07) is 0. The van der Waals surface area contributed by atoms with Crippen molar-refractivity contribution >= 4 is 89.0 Å². The van der Waals surface area contributed by atoms with Crippen molar-refractivity contribution in [2.24, 2.45) is 5.41 Å². The first kappa shape index (κ1) is 55.0. The zero-order chi connectivity index (χ0) is 44.2. The maximum absolute atomic E-state index is 12.6. The Morgan fingerprint density at radius 2 is 0.712 bits per heavy atom. The molecule has 0 spiro atoms. The van der Waals surface area contributed by atoms with Crippen molar-refractivity contribution in [1.29, 1.82) is 0 Å². The molecule has 0 aromatic heterocycles. The van der Waals surface area contributed by atoms with Crippen LogP contribution in [-0.4, -0.2) is 148 Å². The van der Waals surface area contributed by atoms with E-state index < -0.39 is 47.2 Å². The Bertz CT molecular complexity index is 1260. The van der Waals surface area contributed by atoms with Crippen molar-refractivity contribution in [2.75, 3.05) is 94.0 Å².